The van der Waals surface area contributed by atoms with Crippen LogP contribution in [0.1, 0.15) is 46.6 Å². The second-order valence-electron chi connectivity index (χ2n) is 7.73. The number of carbonyl (C=O) groups excluding carboxylic acids is 1. The molecule has 5 heteroatoms. The third-order valence-electron chi connectivity index (χ3n) is 5.98. The molecule has 0 atom stereocenters. The highest BCUT2D eigenvalue weighted by molar-refractivity contribution is 6.24. The molecule has 0 fully saturated rings. The Labute approximate surface area is 177 Å². The van der Waals surface area contributed by atoms with Crippen molar-refractivity contribution in [3.63, 3.8) is 0 Å². The summed E-state index contributed by atoms with van der Waals surface area (Å²) >= 11 is 0. The molecule has 1 heterocycles. The number of carbonyl (C=O) groups is 1. The number of fused-ring (bicyclic) bond motifs is 3. The number of ketones is 1. The monoisotopic (exact) mass is 401 g/mol. The zero-order chi connectivity index (χ0) is 21.4. The number of nitrogens with one attached hydrogen (secondary N) is 1. The van der Waals surface area contributed by atoms with Gasteiger partial charge in [0.05, 0.1) is 16.9 Å². The van der Waals surface area contributed by atoms with Crippen molar-refractivity contribution < 1.29 is 9.90 Å². The number of aromatic nitrogens is 1. The molecular formula is C25H27N3O2. The summed E-state index contributed by atoms with van der Waals surface area (Å²) in [6, 6.07) is 13.1. The molecule has 2 aromatic carbocycles. The van der Waals surface area contributed by atoms with Crippen molar-refractivity contribution in [1.29, 1.82) is 0 Å². The summed E-state index contributed by atoms with van der Waals surface area (Å²) in [6.07, 6.45) is 0. The number of aromatic hydroxyl groups is 1. The number of benzene rings is 2. The lowest BCUT2D eigenvalue weighted by Gasteiger charge is -2.20. The summed E-state index contributed by atoms with van der Waals surface area (Å²) in [5.41, 5.74) is 7.28. The second kappa shape index (κ2) is 7.92. The lowest BCUT2D eigenvalue weighted by molar-refractivity contribution is 0.104. The van der Waals surface area contributed by atoms with Crippen LogP contribution in [0.2, 0.25) is 0 Å². The Morgan fingerprint density at radius 2 is 1.73 bits per heavy atom. The Morgan fingerprint density at radius 1 is 1.03 bits per heavy atom. The normalized spacial score (nSPS) is 12.2. The maximum Gasteiger partial charge on any atom is 0.198 e. The predicted molar refractivity (Wildman–Crippen MR) is 121 cm³/mol. The lowest BCUT2D eigenvalue weighted by atomic mass is 10.0. The van der Waals surface area contributed by atoms with Gasteiger partial charge in [-0.05, 0) is 50.7 Å². The number of nitrogens with zero attached hydrogens (tertiary/aromatic N) is 2. The van der Waals surface area contributed by atoms with Crippen molar-refractivity contribution in [2.75, 3.05) is 18.4 Å². The summed E-state index contributed by atoms with van der Waals surface area (Å²) in [5.74, 6) is 0.282. The molecular weight excluding hydrogens is 374 g/mol. The molecule has 2 N–H and O–H groups in total. The average Bonchev–Trinajstić information content (AvgIpc) is 3.03. The fourth-order valence-corrected chi connectivity index (χ4v) is 4.01. The largest absolute Gasteiger partial charge is 0.508 e. The zero-order valence-corrected chi connectivity index (χ0v) is 17.9. The minimum Gasteiger partial charge on any atom is -0.508 e. The van der Waals surface area contributed by atoms with E-state index in [0.717, 1.165) is 52.5 Å². The molecule has 0 amide bonds. The first-order valence-electron chi connectivity index (χ1n) is 10.4. The SMILES string of the molecule is CCN(CC)Cc1cc(Nc2c(C)c(C)nc3c2C(=O)c2ccccc2-3)ccc1O. The maximum atomic E-state index is 13.2. The third-order valence-corrected chi connectivity index (χ3v) is 5.98. The van der Waals surface area contributed by atoms with Crippen LogP contribution >= 0.6 is 0 Å². The molecule has 0 unspecified atom stereocenters. The number of rotatable bonds is 6. The first-order chi connectivity index (χ1) is 14.4. The highest BCUT2D eigenvalue weighted by Gasteiger charge is 2.32. The third kappa shape index (κ3) is 3.35. The van der Waals surface area contributed by atoms with Crippen LogP contribution in [0.5, 0.6) is 5.75 Å². The number of hydrogen-bond acceptors (Lipinski definition) is 5. The molecule has 0 bridgehead atoms. The van der Waals surface area contributed by atoms with Crippen LogP contribution in [-0.2, 0) is 6.54 Å². The van der Waals surface area contributed by atoms with Gasteiger partial charge in [0, 0.05) is 34.6 Å². The van der Waals surface area contributed by atoms with Crippen LogP contribution in [-0.4, -0.2) is 33.9 Å². The number of anilines is 2. The van der Waals surface area contributed by atoms with Crippen molar-refractivity contribution in [2.24, 2.45) is 0 Å². The molecule has 0 spiro atoms. The van der Waals surface area contributed by atoms with E-state index >= 15 is 0 Å². The predicted octanol–water partition coefficient (Wildman–Crippen LogP) is 5.20. The number of pyridine rings is 1. The van der Waals surface area contributed by atoms with Crippen molar-refractivity contribution in [1.82, 2.24) is 9.88 Å². The summed E-state index contributed by atoms with van der Waals surface area (Å²) in [4.78, 5) is 20.2. The average molecular weight is 402 g/mol. The molecule has 154 valence electrons. The van der Waals surface area contributed by atoms with Gasteiger partial charge in [-0.1, -0.05) is 38.1 Å². The lowest BCUT2D eigenvalue weighted by Crippen LogP contribution is -2.22. The smallest absolute Gasteiger partial charge is 0.198 e. The molecule has 4 rings (SSSR count). The van der Waals surface area contributed by atoms with Gasteiger partial charge in [0.25, 0.3) is 0 Å². The van der Waals surface area contributed by atoms with E-state index in [0.29, 0.717) is 17.7 Å². The van der Waals surface area contributed by atoms with Gasteiger partial charge in [-0.15, -0.1) is 0 Å². The molecule has 1 aromatic heterocycles. The minimum absolute atomic E-state index is 0.000780. The maximum absolute atomic E-state index is 13.2. The van der Waals surface area contributed by atoms with Crippen LogP contribution in [0.3, 0.4) is 0 Å². The van der Waals surface area contributed by atoms with Gasteiger partial charge < -0.3 is 10.4 Å². The van der Waals surface area contributed by atoms with Gasteiger partial charge in [0.15, 0.2) is 5.78 Å². The van der Waals surface area contributed by atoms with Gasteiger partial charge in [-0.3, -0.25) is 14.7 Å². The summed E-state index contributed by atoms with van der Waals surface area (Å²) in [7, 11) is 0. The van der Waals surface area contributed by atoms with E-state index in [1.807, 2.05) is 50.2 Å². The van der Waals surface area contributed by atoms with Crippen LogP contribution < -0.4 is 5.32 Å². The number of hydrogen-bond donors (Lipinski definition) is 2. The molecule has 0 saturated heterocycles. The zero-order valence-electron chi connectivity index (χ0n) is 17.9. The van der Waals surface area contributed by atoms with E-state index in [1.165, 1.54) is 0 Å². The Balaban J connectivity index is 1.77. The van der Waals surface area contributed by atoms with Crippen molar-refractivity contribution in [3.8, 4) is 17.0 Å². The molecule has 3 aromatic rings. The quantitative estimate of drug-likeness (QED) is 0.435. The van der Waals surface area contributed by atoms with E-state index in [2.05, 4.69) is 24.1 Å². The second-order valence-corrected chi connectivity index (χ2v) is 7.73. The first-order valence-corrected chi connectivity index (χ1v) is 10.4. The molecule has 0 aliphatic heterocycles. The van der Waals surface area contributed by atoms with E-state index < -0.39 is 0 Å². The summed E-state index contributed by atoms with van der Waals surface area (Å²) < 4.78 is 0. The van der Waals surface area contributed by atoms with E-state index in [4.69, 9.17) is 4.98 Å². The van der Waals surface area contributed by atoms with Crippen LogP contribution in [0, 0.1) is 13.8 Å². The van der Waals surface area contributed by atoms with Gasteiger partial charge in [0.2, 0.25) is 0 Å². The van der Waals surface area contributed by atoms with Gasteiger partial charge >= 0.3 is 0 Å². The molecule has 1 aliphatic carbocycles. The number of aryl methyl sites for hydroxylation is 1. The molecule has 30 heavy (non-hydrogen) atoms. The topological polar surface area (TPSA) is 65.5 Å². The van der Waals surface area contributed by atoms with Crippen molar-refractivity contribution >= 4 is 17.2 Å². The highest BCUT2D eigenvalue weighted by Crippen LogP contribution is 2.42. The summed E-state index contributed by atoms with van der Waals surface area (Å²) in [6.45, 7) is 10.7. The van der Waals surface area contributed by atoms with Crippen molar-refractivity contribution in [3.05, 3.63) is 70.4 Å². The fraction of sp³-hybridized carbons (Fsp3) is 0.280. The Kier molecular flexibility index (Phi) is 5.31. The Bertz CT molecular complexity index is 1130. The van der Waals surface area contributed by atoms with E-state index in [1.54, 1.807) is 6.07 Å². The molecule has 1 aliphatic rings. The van der Waals surface area contributed by atoms with Gasteiger partial charge in [0.1, 0.15) is 5.75 Å². The molecule has 0 saturated carbocycles. The number of phenolic OH excluding ortho intramolecular Hbond substituents is 1. The number of phenols is 1. The highest BCUT2D eigenvalue weighted by atomic mass is 16.3. The Morgan fingerprint density at radius 3 is 2.43 bits per heavy atom. The van der Waals surface area contributed by atoms with Crippen LogP contribution in [0.25, 0.3) is 11.3 Å². The first kappa shape index (κ1) is 20.1. The standard InChI is InChI=1S/C25H27N3O2/c1-5-28(6-2)14-17-13-18(11-12-21(17)29)27-23-15(3)16(4)26-24-19-9-7-8-10-20(19)25(30)22(23)24/h7-13,29H,5-6,14H2,1-4H3,(H,26,27). The van der Waals surface area contributed by atoms with Crippen LogP contribution in [0.15, 0.2) is 42.5 Å². The van der Waals surface area contributed by atoms with Gasteiger partial charge in [-0.2, -0.15) is 0 Å². The minimum atomic E-state index is 0.000780. The van der Waals surface area contributed by atoms with E-state index in [-0.39, 0.29) is 11.5 Å². The fourth-order valence-electron chi connectivity index (χ4n) is 4.01. The van der Waals surface area contributed by atoms with Crippen molar-refractivity contribution in [2.45, 2.75) is 34.2 Å². The molecule has 0 radical (unpaired) electrons. The van der Waals surface area contributed by atoms with Crippen LogP contribution in [0.4, 0.5) is 11.4 Å². The van der Waals surface area contributed by atoms with Gasteiger partial charge in [-0.25, -0.2) is 0 Å². The summed E-state index contributed by atoms with van der Waals surface area (Å²) in [5, 5.41) is 13.8. The molecule has 5 nitrogen and oxygen atoms in total. The van der Waals surface area contributed by atoms with E-state index in [9.17, 15) is 9.90 Å². The Hall–Kier alpha value is -3.18.